The lowest BCUT2D eigenvalue weighted by atomic mass is 10.1. The van der Waals surface area contributed by atoms with Crippen LogP contribution in [0.2, 0.25) is 0 Å². The van der Waals surface area contributed by atoms with Crippen LogP contribution in [0.25, 0.3) is 23.0 Å². The molecule has 1 saturated heterocycles. The monoisotopic (exact) mass is 431 g/mol. The highest BCUT2D eigenvalue weighted by Gasteiger charge is 2.25. The zero-order chi connectivity index (χ0) is 21.9. The fraction of sp³-hybridized carbons (Fsp3) is 0.217. The molecule has 3 heterocycles. The Morgan fingerprint density at radius 3 is 2.53 bits per heavy atom. The molecule has 0 N–H and O–H groups in total. The molecule has 2 aromatic heterocycles. The minimum Gasteiger partial charge on any atom is -0.461 e. The molecular formula is C23H21N5O4. The molecule has 1 fully saturated rings. The van der Waals surface area contributed by atoms with Crippen molar-refractivity contribution in [2.24, 2.45) is 0 Å². The van der Waals surface area contributed by atoms with Crippen molar-refractivity contribution in [1.82, 2.24) is 15.0 Å². The average molecular weight is 431 g/mol. The Labute approximate surface area is 184 Å². The maximum Gasteiger partial charge on any atom is 0.293 e. The normalized spacial score (nSPS) is 14.6. The molecule has 162 valence electrons. The molecular weight excluding hydrogens is 410 g/mol. The van der Waals surface area contributed by atoms with Crippen molar-refractivity contribution in [3.8, 4) is 23.0 Å². The number of aromatic nitrogens is 2. The number of anilines is 1. The van der Waals surface area contributed by atoms with Gasteiger partial charge in [0.25, 0.3) is 11.6 Å². The highest BCUT2D eigenvalue weighted by atomic mass is 16.6. The Morgan fingerprint density at radius 1 is 1.00 bits per heavy atom. The van der Waals surface area contributed by atoms with Crippen LogP contribution in [-0.4, -0.2) is 46.1 Å². The lowest BCUT2D eigenvalue weighted by Gasteiger charge is -2.35. The van der Waals surface area contributed by atoms with Gasteiger partial charge in [-0.2, -0.15) is 4.98 Å². The fourth-order valence-corrected chi connectivity index (χ4v) is 3.91. The zero-order valence-corrected chi connectivity index (χ0v) is 17.3. The van der Waals surface area contributed by atoms with Crippen LogP contribution >= 0.6 is 0 Å². The molecule has 1 aliphatic heterocycles. The predicted octanol–water partition coefficient (Wildman–Crippen LogP) is 4.23. The summed E-state index contributed by atoms with van der Waals surface area (Å²) in [7, 11) is 0. The summed E-state index contributed by atoms with van der Waals surface area (Å²) in [6.45, 7) is 3.99. The fourth-order valence-electron chi connectivity index (χ4n) is 3.91. The zero-order valence-electron chi connectivity index (χ0n) is 17.3. The number of hydrogen-bond acceptors (Lipinski definition) is 8. The maximum atomic E-state index is 11.8. The van der Waals surface area contributed by atoms with Crippen LogP contribution in [0.4, 0.5) is 11.4 Å². The van der Waals surface area contributed by atoms with Crippen molar-refractivity contribution in [3.05, 3.63) is 82.6 Å². The van der Waals surface area contributed by atoms with E-state index < -0.39 is 0 Å². The first-order valence-electron chi connectivity index (χ1n) is 10.3. The molecule has 0 bridgehead atoms. The second-order valence-electron chi connectivity index (χ2n) is 7.61. The van der Waals surface area contributed by atoms with Crippen LogP contribution in [0.15, 0.2) is 75.9 Å². The number of nitro benzene ring substituents is 1. The van der Waals surface area contributed by atoms with E-state index in [1.54, 1.807) is 24.3 Å². The molecule has 5 rings (SSSR count). The van der Waals surface area contributed by atoms with Crippen LogP contribution < -0.4 is 4.90 Å². The third-order valence-corrected chi connectivity index (χ3v) is 5.55. The molecule has 0 radical (unpaired) electrons. The summed E-state index contributed by atoms with van der Waals surface area (Å²) >= 11 is 0. The summed E-state index contributed by atoms with van der Waals surface area (Å²) in [4.78, 5) is 20.2. The van der Waals surface area contributed by atoms with E-state index in [1.807, 2.05) is 18.2 Å². The quantitative estimate of drug-likeness (QED) is 0.330. The number of piperazine rings is 1. The molecule has 32 heavy (non-hydrogen) atoms. The van der Waals surface area contributed by atoms with Crippen molar-refractivity contribution in [3.63, 3.8) is 0 Å². The van der Waals surface area contributed by atoms with E-state index in [0.29, 0.717) is 22.8 Å². The molecule has 9 heteroatoms. The standard InChI is InChI=1S/C23H21N5O4/c29-28(30)20-15-18(23-24-22(25-32-23)21-7-4-14-31-21)8-9-19(20)27-12-10-26(11-13-27)16-17-5-2-1-3-6-17/h1-9,14-15H,10-13,16H2. The Balaban J connectivity index is 1.32. The van der Waals surface area contributed by atoms with Crippen molar-refractivity contribution >= 4 is 11.4 Å². The number of nitro groups is 1. The number of hydrogen-bond donors (Lipinski definition) is 0. The lowest BCUT2D eigenvalue weighted by Crippen LogP contribution is -2.46. The van der Waals surface area contributed by atoms with Crippen LogP contribution in [0.3, 0.4) is 0 Å². The van der Waals surface area contributed by atoms with Gasteiger partial charge in [-0.3, -0.25) is 15.0 Å². The predicted molar refractivity (Wildman–Crippen MR) is 118 cm³/mol. The lowest BCUT2D eigenvalue weighted by molar-refractivity contribution is -0.384. The third-order valence-electron chi connectivity index (χ3n) is 5.55. The molecule has 9 nitrogen and oxygen atoms in total. The molecule has 0 atom stereocenters. The summed E-state index contributed by atoms with van der Waals surface area (Å²) in [6, 6.07) is 18.8. The molecule has 0 saturated carbocycles. The van der Waals surface area contributed by atoms with E-state index in [4.69, 9.17) is 8.94 Å². The Kier molecular flexibility index (Phi) is 5.39. The van der Waals surface area contributed by atoms with Crippen molar-refractivity contribution in [2.75, 3.05) is 31.1 Å². The maximum absolute atomic E-state index is 11.8. The van der Waals surface area contributed by atoms with Crippen LogP contribution in [0.1, 0.15) is 5.56 Å². The van der Waals surface area contributed by atoms with Gasteiger partial charge in [-0.05, 0) is 29.8 Å². The molecule has 4 aromatic rings. The molecule has 0 aliphatic carbocycles. The molecule has 2 aromatic carbocycles. The summed E-state index contributed by atoms with van der Waals surface area (Å²) in [5.74, 6) is 0.976. The minimum atomic E-state index is -0.362. The van der Waals surface area contributed by atoms with E-state index in [9.17, 15) is 10.1 Å². The number of rotatable bonds is 6. The van der Waals surface area contributed by atoms with E-state index in [-0.39, 0.29) is 16.5 Å². The molecule has 0 unspecified atom stereocenters. The number of benzene rings is 2. The van der Waals surface area contributed by atoms with E-state index in [1.165, 1.54) is 17.9 Å². The summed E-state index contributed by atoms with van der Waals surface area (Å²) in [6.07, 6.45) is 1.52. The van der Waals surface area contributed by atoms with Gasteiger partial charge in [-0.15, -0.1) is 0 Å². The van der Waals surface area contributed by atoms with E-state index >= 15 is 0 Å². The van der Waals surface area contributed by atoms with Gasteiger partial charge >= 0.3 is 0 Å². The minimum absolute atomic E-state index is 0.0248. The smallest absolute Gasteiger partial charge is 0.293 e. The Morgan fingerprint density at radius 2 is 1.81 bits per heavy atom. The van der Waals surface area contributed by atoms with Crippen molar-refractivity contribution < 1.29 is 13.9 Å². The average Bonchev–Trinajstić information content (AvgIpc) is 3.52. The first-order valence-corrected chi connectivity index (χ1v) is 10.3. The first-order chi connectivity index (χ1) is 15.7. The second-order valence-corrected chi connectivity index (χ2v) is 7.61. The summed E-state index contributed by atoms with van der Waals surface area (Å²) in [5.41, 5.74) is 2.39. The van der Waals surface area contributed by atoms with Crippen LogP contribution in [0, 0.1) is 10.1 Å². The van der Waals surface area contributed by atoms with Gasteiger partial charge in [-0.25, -0.2) is 0 Å². The van der Waals surface area contributed by atoms with Gasteiger partial charge in [-0.1, -0.05) is 35.5 Å². The summed E-state index contributed by atoms with van der Waals surface area (Å²) < 4.78 is 10.6. The Bertz CT molecular complexity index is 1200. The van der Waals surface area contributed by atoms with E-state index in [2.05, 4.69) is 32.1 Å². The van der Waals surface area contributed by atoms with Gasteiger partial charge < -0.3 is 13.8 Å². The van der Waals surface area contributed by atoms with Gasteiger partial charge in [0, 0.05) is 44.4 Å². The largest absolute Gasteiger partial charge is 0.461 e. The summed E-state index contributed by atoms with van der Waals surface area (Å²) in [5, 5.41) is 15.7. The molecule has 1 aliphatic rings. The van der Waals surface area contributed by atoms with Gasteiger partial charge in [0.1, 0.15) is 5.69 Å². The van der Waals surface area contributed by atoms with E-state index in [0.717, 1.165) is 32.7 Å². The third kappa shape index (κ3) is 4.10. The van der Waals surface area contributed by atoms with Gasteiger partial charge in [0.2, 0.25) is 5.82 Å². The molecule has 0 amide bonds. The van der Waals surface area contributed by atoms with Crippen LogP contribution in [0.5, 0.6) is 0 Å². The number of furan rings is 1. The highest BCUT2D eigenvalue weighted by molar-refractivity contribution is 5.71. The second kappa shape index (κ2) is 8.64. The SMILES string of the molecule is O=[N+]([O-])c1cc(-c2nc(-c3ccco3)no2)ccc1N1CCN(Cc2ccccc2)CC1. The number of nitrogens with zero attached hydrogens (tertiary/aromatic N) is 5. The van der Waals surface area contributed by atoms with Crippen LogP contribution in [-0.2, 0) is 6.54 Å². The molecule has 0 spiro atoms. The van der Waals surface area contributed by atoms with Crippen molar-refractivity contribution in [1.29, 1.82) is 0 Å². The van der Waals surface area contributed by atoms with Crippen molar-refractivity contribution in [2.45, 2.75) is 6.54 Å². The highest BCUT2D eigenvalue weighted by Crippen LogP contribution is 2.34. The first kappa shape index (κ1) is 20.0. The van der Waals surface area contributed by atoms with Gasteiger partial charge in [0.15, 0.2) is 5.76 Å². The topological polar surface area (TPSA) is 102 Å². The Hall–Kier alpha value is -3.98. The van der Waals surface area contributed by atoms with Gasteiger partial charge in [0.05, 0.1) is 11.2 Å².